The number of hydrogen-bond donors (Lipinski definition) is 0. The summed E-state index contributed by atoms with van der Waals surface area (Å²) in [6, 6.07) is 71.5. The van der Waals surface area contributed by atoms with Gasteiger partial charge in [-0.1, -0.05) is 151 Å². The van der Waals surface area contributed by atoms with Crippen molar-refractivity contribution < 1.29 is 0 Å². The average Bonchev–Trinajstić information content (AvgIpc) is 3.39. The van der Waals surface area contributed by atoms with Gasteiger partial charge in [-0.15, -0.1) is 0 Å². The summed E-state index contributed by atoms with van der Waals surface area (Å²) in [5.41, 5.74) is 19.4. The number of anilines is 6. The number of fused-ring (bicyclic) bond motifs is 4. The van der Waals surface area contributed by atoms with Crippen LogP contribution < -0.4 is 9.80 Å². The van der Waals surface area contributed by atoms with Crippen LogP contribution in [0.15, 0.2) is 220 Å². The second-order valence-corrected chi connectivity index (χ2v) is 19.5. The molecule has 0 saturated carbocycles. The minimum Gasteiger partial charge on any atom is -0.308 e. The van der Waals surface area contributed by atoms with Gasteiger partial charge in [-0.3, -0.25) is 0 Å². The van der Waals surface area contributed by atoms with Gasteiger partial charge < -0.3 is 9.80 Å². The van der Waals surface area contributed by atoms with Gasteiger partial charge in [0, 0.05) is 47.6 Å². The summed E-state index contributed by atoms with van der Waals surface area (Å²) in [6.45, 7) is 8.78. The maximum absolute atomic E-state index is 5.27. The predicted octanol–water partition coefficient (Wildman–Crippen LogP) is 17.3. The van der Waals surface area contributed by atoms with Crippen LogP contribution in [0.4, 0.5) is 34.1 Å². The van der Waals surface area contributed by atoms with E-state index < -0.39 is 0 Å². The van der Waals surface area contributed by atoms with Crippen molar-refractivity contribution in [2.45, 2.75) is 47.3 Å². The Morgan fingerprint density at radius 2 is 0.588 bits per heavy atom. The van der Waals surface area contributed by atoms with Gasteiger partial charge >= 0.3 is 0 Å². The van der Waals surface area contributed by atoms with Crippen molar-refractivity contribution in [3.05, 3.63) is 222 Å². The Morgan fingerprint density at radius 3 is 0.971 bits per heavy atom. The van der Waals surface area contributed by atoms with Crippen LogP contribution in [0.2, 0.25) is 0 Å². The Hall–Kier alpha value is -7.71. The van der Waals surface area contributed by atoms with Gasteiger partial charge in [-0.2, -0.15) is 0 Å². The minimum absolute atomic E-state index is 0.651. The molecule has 0 bridgehead atoms. The average molecular weight is 912 g/mol. The maximum Gasteiger partial charge on any atom is 0.164 e. The fourth-order valence-electron chi connectivity index (χ4n) is 9.63. The Balaban J connectivity index is 0.877. The van der Waals surface area contributed by atoms with E-state index in [1.807, 2.05) is 41.7 Å². The molecule has 5 nitrogen and oxygen atoms in total. The summed E-state index contributed by atoms with van der Waals surface area (Å²) in [5.74, 6) is 1.97. The van der Waals surface area contributed by atoms with Gasteiger partial charge in [0.05, 0.1) is 22.7 Å². The van der Waals surface area contributed by atoms with E-state index >= 15 is 0 Å². The van der Waals surface area contributed by atoms with Gasteiger partial charge in [0.2, 0.25) is 0 Å². The SMILES string of the molecule is Cc1c(-c2ccc(N3c4ccccc4Sc4ccccc43)cc2)ccc(-c2nc(-c3ccccc3)nc(-c3ccc(-c4ccc(N5c6ccccc6Sc6ccccc65)cc4)c(C)c3C)n2)c1C. The zero-order valence-corrected chi connectivity index (χ0v) is 39.7. The molecule has 7 heteroatoms. The zero-order valence-electron chi connectivity index (χ0n) is 38.1. The summed E-state index contributed by atoms with van der Waals surface area (Å²) < 4.78 is 0. The second kappa shape index (κ2) is 17.2. The first-order chi connectivity index (χ1) is 33.4. The van der Waals surface area contributed by atoms with Gasteiger partial charge in [0.25, 0.3) is 0 Å². The molecule has 10 aromatic rings. The molecule has 0 saturated heterocycles. The minimum atomic E-state index is 0.651. The Morgan fingerprint density at radius 1 is 0.279 bits per heavy atom. The number of aromatic nitrogens is 3. The molecule has 2 aliphatic rings. The topological polar surface area (TPSA) is 45.2 Å². The van der Waals surface area contributed by atoms with Gasteiger partial charge in [0.1, 0.15) is 0 Å². The van der Waals surface area contributed by atoms with Crippen LogP contribution in [-0.4, -0.2) is 15.0 Å². The van der Waals surface area contributed by atoms with E-state index in [9.17, 15) is 0 Å². The molecule has 0 aliphatic carbocycles. The molecule has 0 atom stereocenters. The van der Waals surface area contributed by atoms with E-state index in [1.54, 1.807) is 0 Å². The molecule has 68 heavy (non-hydrogen) atoms. The van der Waals surface area contributed by atoms with Crippen LogP contribution in [0, 0.1) is 27.7 Å². The third-order valence-electron chi connectivity index (χ3n) is 13.5. The largest absolute Gasteiger partial charge is 0.308 e. The highest BCUT2D eigenvalue weighted by Crippen LogP contribution is 2.53. The molecule has 0 radical (unpaired) electrons. The number of benzene rings is 9. The van der Waals surface area contributed by atoms with E-state index in [0.29, 0.717) is 17.5 Å². The van der Waals surface area contributed by atoms with E-state index in [1.165, 1.54) is 64.6 Å². The van der Waals surface area contributed by atoms with Crippen molar-refractivity contribution in [1.82, 2.24) is 15.0 Å². The van der Waals surface area contributed by atoms with E-state index in [2.05, 4.69) is 219 Å². The van der Waals surface area contributed by atoms with Crippen molar-refractivity contribution in [3.8, 4) is 56.4 Å². The fraction of sp³-hybridized carbons (Fsp3) is 0.0656. The zero-order chi connectivity index (χ0) is 45.9. The third kappa shape index (κ3) is 7.26. The lowest BCUT2D eigenvalue weighted by molar-refractivity contribution is 1.06. The maximum atomic E-state index is 5.27. The van der Waals surface area contributed by atoms with Crippen molar-refractivity contribution in [2.24, 2.45) is 0 Å². The monoisotopic (exact) mass is 911 g/mol. The molecule has 326 valence electrons. The van der Waals surface area contributed by atoms with Crippen molar-refractivity contribution >= 4 is 57.6 Å². The number of hydrogen-bond acceptors (Lipinski definition) is 7. The van der Waals surface area contributed by atoms with Crippen LogP contribution in [0.25, 0.3) is 56.4 Å². The number of nitrogens with zero attached hydrogens (tertiary/aromatic N) is 5. The predicted molar refractivity (Wildman–Crippen MR) is 284 cm³/mol. The highest BCUT2D eigenvalue weighted by atomic mass is 32.2. The Kier molecular flexibility index (Phi) is 10.5. The van der Waals surface area contributed by atoms with Gasteiger partial charge in [-0.05, 0) is 145 Å². The van der Waals surface area contributed by atoms with E-state index in [0.717, 1.165) is 50.3 Å². The molecular weight excluding hydrogens is 867 g/mol. The summed E-state index contributed by atoms with van der Waals surface area (Å²) in [6.07, 6.45) is 0. The normalized spacial score (nSPS) is 12.5. The fourth-order valence-corrected chi connectivity index (χ4v) is 11.7. The smallest absolute Gasteiger partial charge is 0.164 e. The van der Waals surface area contributed by atoms with Crippen LogP contribution in [0.5, 0.6) is 0 Å². The summed E-state index contributed by atoms with van der Waals surface area (Å²) in [5, 5.41) is 0. The van der Waals surface area contributed by atoms with Crippen LogP contribution in [-0.2, 0) is 0 Å². The molecule has 1 aromatic heterocycles. The summed E-state index contributed by atoms with van der Waals surface area (Å²) >= 11 is 3.65. The first-order valence-electron chi connectivity index (χ1n) is 22.9. The van der Waals surface area contributed by atoms with Gasteiger partial charge in [-0.25, -0.2) is 15.0 Å². The van der Waals surface area contributed by atoms with E-state index in [4.69, 9.17) is 15.0 Å². The van der Waals surface area contributed by atoms with Gasteiger partial charge in [0.15, 0.2) is 17.5 Å². The lowest BCUT2D eigenvalue weighted by atomic mass is 9.92. The lowest BCUT2D eigenvalue weighted by Gasteiger charge is -2.32. The molecule has 0 fully saturated rings. The Labute approximate surface area is 406 Å². The molecule has 0 spiro atoms. The molecule has 0 N–H and O–H groups in total. The molecule has 3 heterocycles. The molecule has 2 aliphatic heterocycles. The molecule has 12 rings (SSSR count). The van der Waals surface area contributed by atoms with Crippen molar-refractivity contribution in [1.29, 1.82) is 0 Å². The Bertz CT molecular complexity index is 3260. The third-order valence-corrected chi connectivity index (χ3v) is 15.7. The molecule has 0 unspecified atom stereocenters. The second-order valence-electron chi connectivity index (χ2n) is 17.3. The van der Waals surface area contributed by atoms with Crippen LogP contribution >= 0.6 is 23.5 Å². The van der Waals surface area contributed by atoms with Crippen LogP contribution in [0.1, 0.15) is 22.3 Å². The first-order valence-corrected chi connectivity index (χ1v) is 24.6. The molecular formula is C61H45N5S2. The highest BCUT2D eigenvalue weighted by Gasteiger charge is 2.26. The summed E-state index contributed by atoms with van der Waals surface area (Å²) in [7, 11) is 0. The first kappa shape index (κ1) is 41.7. The van der Waals surface area contributed by atoms with Crippen molar-refractivity contribution in [2.75, 3.05) is 9.80 Å². The van der Waals surface area contributed by atoms with Crippen molar-refractivity contribution in [3.63, 3.8) is 0 Å². The number of rotatable bonds is 7. The van der Waals surface area contributed by atoms with E-state index in [-0.39, 0.29) is 0 Å². The lowest BCUT2D eigenvalue weighted by Crippen LogP contribution is -2.14. The quantitative estimate of drug-likeness (QED) is 0.158. The molecule has 9 aromatic carbocycles. The summed E-state index contributed by atoms with van der Waals surface area (Å²) in [4.78, 5) is 25.4. The van der Waals surface area contributed by atoms with Crippen LogP contribution in [0.3, 0.4) is 0 Å². The molecule has 0 amide bonds. The number of para-hydroxylation sites is 4. The highest BCUT2D eigenvalue weighted by molar-refractivity contribution is 8.00. The standard InChI is InChI=1S/C61H45N5S2/c1-38-40(3)49(36-34-47(38)42-26-30-45(31-27-42)65-51-18-8-12-22-55(51)67-56-23-13-9-19-52(56)65)60-62-59(44-16-6-5-7-17-44)63-61(64-60)50-37-35-48(39(2)41(50)4)43-28-32-46(33-29-43)66-53-20-10-14-24-57(53)68-58-25-15-11-21-54(58)66/h5-37H,1-4H3.